The van der Waals surface area contributed by atoms with E-state index in [0.29, 0.717) is 12.8 Å². The summed E-state index contributed by atoms with van der Waals surface area (Å²) in [7, 11) is 3.55. The molecule has 0 aliphatic heterocycles. The summed E-state index contributed by atoms with van der Waals surface area (Å²) in [6, 6.07) is 0. The predicted molar refractivity (Wildman–Crippen MR) is 51.9 cm³/mol. The Morgan fingerprint density at radius 3 is 2.71 bits per heavy atom. The number of methoxy groups -OCH3 is 1. The van der Waals surface area contributed by atoms with Crippen LogP contribution in [0.5, 0.6) is 0 Å². The summed E-state index contributed by atoms with van der Waals surface area (Å²) >= 11 is 0. The molecule has 1 aromatic heterocycles. The summed E-state index contributed by atoms with van der Waals surface area (Å²) in [5, 5.41) is 14.5. The van der Waals surface area contributed by atoms with Crippen molar-refractivity contribution in [2.24, 2.45) is 7.05 Å². The second-order valence-corrected chi connectivity index (χ2v) is 4.10. The Morgan fingerprint density at radius 1 is 1.64 bits per heavy atom. The molecule has 1 N–H and O–H groups in total. The quantitative estimate of drug-likeness (QED) is 0.758. The second kappa shape index (κ2) is 3.07. The van der Waals surface area contributed by atoms with Crippen LogP contribution in [0.3, 0.4) is 0 Å². The molecule has 0 spiro atoms. The van der Waals surface area contributed by atoms with Gasteiger partial charge < -0.3 is 9.84 Å². The predicted octanol–water partition coefficient (Wildman–Crippen LogP) is 0.725. The Bertz CT molecular complexity index is 340. The highest BCUT2D eigenvalue weighted by atomic mass is 16.5. The van der Waals surface area contributed by atoms with E-state index in [1.807, 2.05) is 20.2 Å². The zero-order chi connectivity index (χ0) is 10.3. The number of aliphatic hydroxyl groups is 1. The lowest BCUT2D eigenvalue weighted by molar-refractivity contribution is -0.133. The molecule has 0 bridgehead atoms. The summed E-state index contributed by atoms with van der Waals surface area (Å²) in [6.07, 6.45) is 3.44. The minimum atomic E-state index is -0.709. The summed E-state index contributed by atoms with van der Waals surface area (Å²) in [6.45, 7) is 1.92. The maximum atomic E-state index is 10.2. The lowest BCUT2D eigenvalue weighted by Crippen LogP contribution is -2.45. The fourth-order valence-corrected chi connectivity index (χ4v) is 2.14. The van der Waals surface area contributed by atoms with E-state index in [0.717, 1.165) is 11.3 Å². The van der Waals surface area contributed by atoms with Gasteiger partial charge >= 0.3 is 0 Å². The van der Waals surface area contributed by atoms with Crippen LogP contribution in [0.25, 0.3) is 0 Å². The summed E-state index contributed by atoms with van der Waals surface area (Å²) in [5.74, 6) is 0. The summed E-state index contributed by atoms with van der Waals surface area (Å²) in [5.41, 5.74) is 1.14. The number of aryl methyl sites for hydroxylation is 2. The third kappa shape index (κ3) is 1.35. The van der Waals surface area contributed by atoms with Crippen molar-refractivity contribution >= 4 is 0 Å². The summed E-state index contributed by atoms with van der Waals surface area (Å²) in [4.78, 5) is 0. The Balaban J connectivity index is 2.20. The van der Waals surface area contributed by atoms with E-state index < -0.39 is 5.60 Å². The average molecular weight is 196 g/mol. The van der Waals surface area contributed by atoms with Gasteiger partial charge in [0.15, 0.2) is 0 Å². The van der Waals surface area contributed by atoms with Gasteiger partial charge in [0, 0.05) is 38.8 Å². The highest BCUT2D eigenvalue weighted by Crippen LogP contribution is 2.43. The molecule has 1 aromatic rings. The number of hydrogen-bond donors (Lipinski definition) is 1. The van der Waals surface area contributed by atoms with Gasteiger partial charge in [-0.3, -0.25) is 4.68 Å². The maximum absolute atomic E-state index is 10.2. The van der Waals surface area contributed by atoms with Crippen LogP contribution < -0.4 is 0 Å². The molecule has 1 aliphatic carbocycles. The Kier molecular flexibility index (Phi) is 2.12. The van der Waals surface area contributed by atoms with Crippen LogP contribution in [0.2, 0.25) is 0 Å². The number of nitrogens with zero attached hydrogens (tertiary/aromatic N) is 2. The number of aromatic nitrogens is 2. The van der Waals surface area contributed by atoms with Gasteiger partial charge in [0.05, 0.1) is 17.4 Å². The van der Waals surface area contributed by atoms with Crippen LogP contribution in [0.15, 0.2) is 6.20 Å². The van der Waals surface area contributed by atoms with Crippen LogP contribution in [0, 0.1) is 6.92 Å². The van der Waals surface area contributed by atoms with E-state index >= 15 is 0 Å². The minimum Gasteiger partial charge on any atom is -0.385 e. The van der Waals surface area contributed by atoms with Crippen molar-refractivity contribution in [2.75, 3.05) is 7.11 Å². The van der Waals surface area contributed by atoms with E-state index in [1.54, 1.807) is 11.8 Å². The number of ether oxygens (including phenoxy) is 1. The lowest BCUT2D eigenvalue weighted by Gasteiger charge is -2.42. The number of rotatable bonds is 2. The van der Waals surface area contributed by atoms with Crippen LogP contribution in [-0.2, 0) is 17.4 Å². The van der Waals surface area contributed by atoms with Crippen LogP contribution in [-0.4, -0.2) is 28.1 Å². The largest absolute Gasteiger partial charge is 0.385 e. The molecule has 4 heteroatoms. The monoisotopic (exact) mass is 196 g/mol. The standard InChI is InChI=1S/C10H16N2O2/c1-7-9(6-12(2)11-7)10(13)4-8(5-10)14-3/h6,8,13H,4-5H2,1-3H3. The highest BCUT2D eigenvalue weighted by molar-refractivity contribution is 5.27. The van der Waals surface area contributed by atoms with Crippen molar-refractivity contribution in [1.29, 1.82) is 0 Å². The van der Waals surface area contributed by atoms with Gasteiger partial charge in [-0.1, -0.05) is 0 Å². The molecule has 0 aromatic carbocycles. The van der Waals surface area contributed by atoms with Crippen molar-refractivity contribution in [3.05, 3.63) is 17.5 Å². The molecule has 78 valence electrons. The van der Waals surface area contributed by atoms with Gasteiger partial charge in [-0.2, -0.15) is 5.10 Å². The van der Waals surface area contributed by atoms with Gasteiger partial charge in [-0.25, -0.2) is 0 Å². The Morgan fingerprint density at radius 2 is 2.29 bits per heavy atom. The van der Waals surface area contributed by atoms with E-state index in [9.17, 15) is 5.11 Å². The number of hydrogen-bond acceptors (Lipinski definition) is 3. The molecule has 0 saturated heterocycles. The molecule has 2 rings (SSSR count). The third-order valence-corrected chi connectivity index (χ3v) is 2.98. The zero-order valence-corrected chi connectivity index (χ0v) is 8.82. The van der Waals surface area contributed by atoms with E-state index in [1.165, 1.54) is 0 Å². The molecule has 0 unspecified atom stereocenters. The molecular weight excluding hydrogens is 180 g/mol. The Hall–Kier alpha value is -0.870. The smallest absolute Gasteiger partial charge is 0.0978 e. The third-order valence-electron chi connectivity index (χ3n) is 2.98. The molecule has 1 fully saturated rings. The first-order valence-electron chi connectivity index (χ1n) is 4.81. The molecule has 4 nitrogen and oxygen atoms in total. The van der Waals surface area contributed by atoms with Gasteiger partial charge in [0.2, 0.25) is 0 Å². The second-order valence-electron chi connectivity index (χ2n) is 4.10. The molecule has 14 heavy (non-hydrogen) atoms. The highest BCUT2D eigenvalue weighted by Gasteiger charge is 2.45. The maximum Gasteiger partial charge on any atom is 0.0978 e. The molecule has 1 saturated carbocycles. The van der Waals surface area contributed by atoms with Crippen molar-refractivity contribution in [2.45, 2.75) is 31.5 Å². The van der Waals surface area contributed by atoms with Gasteiger partial charge in [-0.05, 0) is 6.92 Å². The van der Waals surface area contributed by atoms with Crippen molar-refractivity contribution in [3.63, 3.8) is 0 Å². The van der Waals surface area contributed by atoms with Crippen LogP contribution in [0.4, 0.5) is 0 Å². The molecular formula is C10H16N2O2. The van der Waals surface area contributed by atoms with E-state index in [-0.39, 0.29) is 6.10 Å². The minimum absolute atomic E-state index is 0.194. The van der Waals surface area contributed by atoms with Crippen LogP contribution >= 0.6 is 0 Å². The lowest BCUT2D eigenvalue weighted by atomic mass is 9.73. The first-order valence-corrected chi connectivity index (χ1v) is 4.81. The molecule has 1 aliphatic rings. The zero-order valence-electron chi connectivity index (χ0n) is 8.82. The van der Waals surface area contributed by atoms with E-state index in [2.05, 4.69) is 5.10 Å². The molecule has 0 atom stereocenters. The molecule has 0 amide bonds. The topological polar surface area (TPSA) is 47.3 Å². The van der Waals surface area contributed by atoms with Crippen molar-refractivity contribution in [3.8, 4) is 0 Å². The SMILES string of the molecule is COC1CC(O)(c2cn(C)nc2C)C1. The first kappa shape index (κ1) is 9.68. The van der Waals surface area contributed by atoms with Crippen molar-refractivity contribution < 1.29 is 9.84 Å². The van der Waals surface area contributed by atoms with E-state index in [4.69, 9.17) is 4.74 Å². The van der Waals surface area contributed by atoms with Crippen LogP contribution in [0.1, 0.15) is 24.1 Å². The molecule has 1 heterocycles. The fourth-order valence-electron chi connectivity index (χ4n) is 2.14. The summed E-state index contributed by atoms with van der Waals surface area (Å²) < 4.78 is 6.90. The Labute approximate surface area is 83.5 Å². The first-order chi connectivity index (χ1) is 6.55. The van der Waals surface area contributed by atoms with Gasteiger partial charge in [0.25, 0.3) is 0 Å². The molecule has 0 radical (unpaired) electrons. The van der Waals surface area contributed by atoms with Gasteiger partial charge in [0.1, 0.15) is 0 Å². The van der Waals surface area contributed by atoms with Gasteiger partial charge in [-0.15, -0.1) is 0 Å². The fraction of sp³-hybridized carbons (Fsp3) is 0.700. The average Bonchev–Trinajstić information content (AvgIpc) is 2.40. The van der Waals surface area contributed by atoms with Crippen molar-refractivity contribution in [1.82, 2.24) is 9.78 Å². The normalized spacial score (nSPS) is 31.6.